The normalized spacial score (nSPS) is 15.6. The molecule has 0 bridgehead atoms. The van der Waals surface area contributed by atoms with Crippen LogP contribution in [-0.4, -0.2) is 27.0 Å². The summed E-state index contributed by atoms with van der Waals surface area (Å²) in [5.74, 6) is -3.59. The van der Waals surface area contributed by atoms with E-state index in [0.717, 1.165) is 6.20 Å². The highest BCUT2D eigenvalue weighted by Crippen LogP contribution is 2.30. The number of hydrogen-bond donors (Lipinski definition) is 2. The van der Waals surface area contributed by atoms with Gasteiger partial charge >= 0.3 is 12.4 Å². The van der Waals surface area contributed by atoms with Gasteiger partial charge in [0.25, 0.3) is 0 Å². The fourth-order valence-electron chi connectivity index (χ4n) is 1.24. The Kier molecular flexibility index (Phi) is 3.96. The summed E-state index contributed by atoms with van der Waals surface area (Å²) in [5.41, 5.74) is 3.53. The molecule has 1 atom stereocenters. The van der Waals surface area contributed by atoms with Crippen molar-refractivity contribution < 1.29 is 31.5 Å². The Morgan fingerprint density at radius 3 is 2.32 bits per heavy atom. The third-order valence-corrected chi connectivity index (χ3v) is 2.17. The molecule has 0 aliphatic carbocycles. The number of nitrogens with two attached hydrogens (primary N) is 1. The van der Waals surface area contributed by atoms with Crippen molar-refractivity contribution in [3.8, 4) is 0 Å². The summed E-state index contributed by atoms with van der Waals surface area (Å²) in [7, 11) is 0. The number of hydrogen-bond acceptors (Lipinski definition) is 3. The van der Waals surface area contributed by atoms with Gasteiger partial charge in [0, 0.05) is 6.20 Å². The molecule has 0 aromatic carbocycles. The lowest BCUT2D eigenvalue weighted by atomic mass is 10.1. The third-order valence-electron chi connectivity index (χ3n) is 2.17. The van der Waals surface area contributed by atoms with Crippen LogP contribution in [0.2, 0.25) is 0 Å². The predicted molar refractivity (Wildman–Crippen MR) is 50.2 cm³/mol. The van der Waals surface area contributed by atoms with E-state index in [9.17, 15) is 26.3 Å². The van der Waals surface area contributed by atoms with Crippen LogP contribution in [0.4, 0.5) is 26.3 Å². The van der Waals surface area contributed by atoms with Crippen LogP contribution in [0.5, 0.6) is 0 Å². The molecule has 0 fully saturated rings. The fraction of sp³-hybridized carbons (Fsp3) is 0.500. The molecular formula is C8H8F6N4O. The van der Waals surface area contributed by atoms with Crippen LogP contribution < -0.4 is 5.73 Å². The maximum Gasteiger partial charge on any atom is 0.435 e. The standard InChI is InChI=1S/C8H8F6N4O/c9-7(10,11)4(6(15)17-19)3-18-2-1-5(16-18)8(12,13)14/h1-2,4,19H,3H2,(H2,15,17). The van der Waals surface area contributed by atoms with Crippen molar-refractivity contribution >= 4 is 5.84 Å². The second-order valence-electron chi connectivity index (χ2n) is 3.54. The number of aromatic nitrogens is 2. The van der Waals surface area contributed by atoms with Crippen LogP contribution in [0.1, 0.15) is 5.69 Å². The summed E-state index contributed by atoms with van der Waals surface area (Å²) < 4.78 is 74.7. The molecule has 0 saturated carbocycles. The van der Waals surface area contributed by atoms with E-state index in [-0.39, 0.29) is 0 Å². The van der Waals surface area contributed by atoms with Crippen molar-refractivity contribution in [2.45, 2.75) is 18.9 Å². The molecule has 1 aromatic rings. The Balaban J connectivity index is 2.96. The van der Waals surface area contributed by atoms with Gasteiger partial charge in [-0.05, 0) is 6.07 Å². The molecule has 0 amide bonds. The second kappa shape index (κ2) is 4.97. The van der Waals surface area contributed by atoms with Crippen molar-refractivity contribution in [3.05, 3.63) is 18.0 Å². The van der Waals surface area contributed by atoms with Crippen LogP contribution in [0.25, 0.3) is 0 Å². The first-order valence-electron chi connectivity index (χ1n) is 4.70. The fourth-order valence-corrected chi connectivity index (χ4v) is 1.24. The van der Waals surface area contributed by atoms with Crippen LogP contribution >= 0.6 is 0 Å². The van der Waals surface area contributed by atoms with Crippen molar-refractivity contribution in [1.29, 1.82) is 0 Å². The molecule has 0 spiro atoms. The predicted octanol–water partition coefficient (Wildman–Crippen LogP) is 1.83. The minimum absolute atomic E-state index is 0.430. The maximum absolute atomic E-state index is 12.5. The molecular weight excluding hydrogens is 282 g/mol. The van der Waals surface area contributed by atoms with Gasteiger partial charge < -0.3 is 10.9 Å². The Bertz CT molecular complexity index is 463. The minimum Gasteiger partial charge on any atom is -0.409 e. The average Bonchev–Trinajstić information content (AvgIpc) is 2.71. The van der Waals surface area contributed by atoms with Crippen molar-refractivity contribution in [2.75, 3.05) is 0 Å². The van der Waals surface area contributed by atoms with E-state index in [4.69, 9.17) is 10.9 Å². The first-order valence-corrected chi connectivity index (χ1v) is 4.70. The lowest BCUT2D eigenvalue weighted by molar-refractivity contribution is -0.159. The van der Waals surface area contributed by atoms with Gasteiger partial charge in [-0.2, -0.15) is 31.4 Å². The molecule has 1 unspecified atom stereocenters. The van der Waals surface area contributed by atoms with Gasteiger partial charge in [-0.3, -0.25) is 4.68 Å². The summed E-state index contributed by atoms with van der Waals surface area (Å²) >= 11 is 0. The summed E-state index contributed by atoms with van der Waals surface area (Å²) in [6.07, 6.45) is -8.90. The van der Waals surface area contributed by atoms with E-state index in [1.165, 1.54) is 0 Å². The molecule has 11 heteroatoms. The minimum atomic E-state index is -4.87. The van der Waals surface area contributed by atoms with Crippen LogP contribution in [0.3, 0.4) is 0 Å². The third kappa shape index (κ3) is 3.76. The highest BCUT2D eigenvalue weighted by Gasteiger charge is 2.43. The molecule has 19 heavy (non-hydrogen) atoms. The van der Waals surface area contributed by atoms with Gasteiger partial charge in [-0.25, -0.2) is 0 Å². The summed E-state index contributed by atoms with van der Waals surface area (Å²) in [6, 6.07) is 0.527. The Labute approximate surface area is 102 Å². The molecule has 1 rings (SSSR count). The van der Waals surface area contributed by atoms with Gasteiger partial charge in [0.15, 0.2) is 11.5 Å². The Hall–Kier alpha value is -1.94. The Morgan fingerprint density at radius 1 is 1.37 bits per heavy atom. The highest BCUT2D eigenvalue weighted by atomic mass is 19.4. The highest BCUT2D eigenvalue weighted by molar-refractivity contribution is 5.82. The van der Waals surface area contributed by atoms with E-state index < -0.39 is 36.3 Å². The quantitative estimate of drug-likeness (QED) is 0.293. The SMILES string of the molecule is N/C(=N/O)C(Cn1ccc(C(F)(F)F)n1)C(F)(F)F. The number of oxime groups is 1. The molecule has 1 aromatic heterocycles. The van der Waals surface area contributed by atoms with Gasteiger partial charge in [-0.15, -0.1) is 0 Å². The van der Waals surface area contributed by atoms with E-state index >= 15 is 0 Å². The molecule has 0 aliphatic rings. The lowest BCUT2D eigenvalue weighted by Crippen LogP contribution is -2.39. The summed E-state index contributed by atoms with van der Waals surface area (Å²) in [5, 5.41) is 13.4. The topological polar surface area (TPSA) is 76.4 Å². The van der Waals surface area contributed by atoms with Gasteiger partial charge in [0.05, 0.1) is 6.54 Å². The molecule has 0 saturated heterocycles. The smallest absolute Gasteiger partial charge is 0.409 e. The first-order chi connectivity index (χ1) is 8.55. The second-order valence-corrected chi connectivity index (χ2v) is 3.54. The maximum atomic E-state index is 12.5. The zero-order valence-corrected chi connectivity index (χ0v) is 9.07. The lowest BCUT2D eigenvalue weighted by Gasteiger charge is -2.18. The Morgan fingerprint density at radius 2 is 1.95 bits per heavy atom. The number of nitrogens with zero attached hydrogens (tertiary/aromatic N) is 3. The summed E-state index contributed by atoms with van der Waals surface area (Å²) in [4.78, 5) is 0. The number of halogens is 6. The number of amidine groups is 1. The van der Waals surface area contributed by atoms with Crippen molar-refractivity contribution in [1.82, 2.24) is 9.78 Å². The molecule has 0 aliphatic heterocycles. The zero-order valence-electron chi connectivity index (χ0n) is 9.07. The molecule has 0 radical (unpaired) electrons. The number of rotatable bonds is 3. The van der Waals surface area contributed by atoms with E-state index in [0.29, 0.717) is 10.7 Å². The zero-order chi connectivity index (χ0) is 14.8. The first kappa shape index (κ1) is 15.1. The molecule has 108 valence electrons. The average molecular weight is 290 g/mol. The van der Waals surface area contributed by atoms with Crippen LogP contribution in [-0.2, 0) is 12.7 Å². The van der Waals surface area contributed by atoms with Gasteiger partial charge in [-0.1, -0.05) is 5.16 Å². The van der Waals surface area contributed by atoms with E-state index in [1.54, 1.807) is 0 Å². The van der Waals surface area contributed by atoms with Gasteiger partial charge in [0.1, 0.15) is 5.92 Å². The summed E-state index contributed by atoms with van der Waals surface area (Å²) in [6.45, 7) is -1.02. The van der Waals surface area contributed by atoms with Crippen LogP contribution in [0, 0.1) is 5.92 Å². The molecule has 5 nitrogen and oxygen atoms in total. The molecule has 3 N–H and O–H groups in total. The van der Waals surface area contributed by atoms with Crippen LogP contribution in [0.15, 0.2) is 17.4 Å². The van der Waals surface area contributed by atoms with E-state index in [2.05, 4.69) is 10.3 Å². The largest absolute Gasteiger partial charge is 0.435 e. The monoisotopic (exact) mass is 290 g/mol. The van der Waals surface area contributed by atoms with E-state index in [1.807, 2.05) is 0 Å². The number of alkyl halides is 6. The van der Waals surface area contributed by atoms with Crippen molar-refractivity contribution in [3.63, 3.8) is 0 Å². The molecule has 1 heterocycles. The van der Waals surface area contributed by atoms with Crippen molar-refractivity contribution in [2.24, 2.45) is 16.8 Å². The van der Waals surface area contributed by atoms with Gasteiger partial charge in [0.2, 0.25) is 0 Å².